The van der Waals surface area contributed by atoms with Gasteiger partial charge in [0, 0.05) is 29.3 Å². The van der Waals surface area contributed by atoms with Crippen molar-refractivity contribution in [3.63, 3.8) is 0 Å². The molecule has 0 aliphatic rings. The van der Waals surface area contributed by atoms with Crippen LogP contribution in [0.3, 0.4) is 0 Å². The molecule has 0 fully saturated rings. The molecule has 0 aliphatic carbocycles. The monoisotopic (exact) mass is 366 g/mol. The summed E-state index contributed by atoms with van der Waals surface area (Å²) in [6, 6.07) is 5.77. The third-order valence-electron chi connectivity index (χ3n) is 2.95. The second kappa shape index (κ2) is 8.03. The van der Waals surface area contributed by atoms with Crippen LogP contribution in [0, 0.1) is 0 Å². The third kappa shape index (κ3) is 6.70. The molecule has 1 aromatic rings. The summed E-state index contributed by atoms with van der Waals surface area (Å²) in [5.41, 5.74) is 1.52. The first kappa shape index (κ1) is 18.3. The number of nitrogens with zero attached hydrogens (tertiary/aromatic N) is 1. The van der Waals surface area contributed by atoms with Crippen LogP contribution in [0.15, 0.2) is 22.7 Å². The predicted molar refractivity (Wildman–Crippen MR) is 84.7 cm³/mol. The largest absolute Gasteiger partial charge is 0.405 e. The van der Waals surface area contributed by atoms with Crippen molar-refractivity contribution in [3.05, 3.63) is 28.2 Å². The van der Waals surface area contributed by atoms with Gasteiger partial charge in [0.2, 0.25) is 0 Å². The maximum atomic E-state index is 12.8. The number of alkyl halides is 3. The van der Waals surface area contributed by atoms with Crippen molar-refractivity contribution >= 4 is 21.6 Å². The van der Waals surface area contributed by atoms with E-state index in [9.17, 15) is 13.2 Å². The van der Waals surface area contributed by atoms with E-state index in [1.54, 1.807) is 6.07 Å². The maximum Gasteiger partial charge on any atom is 0.405 e. The maximum absolute atomic E-state index is 12.8. The van der Waals surface area contributed by atoms with Crippen molar-refractivity contribution in [2.24, 2.45) is 0 Å². The Hall–Kier alpha value is -0.750. The Bertz CT molecular complexity index is 447. The van der Waals surface area contributed by atoms with Gasteiger partial charge in [-0.15, -0.1) is 0 Å². The van der Waals surface area contributed by atoms with Crippen LogP contribution in [0.25, 0.3) is 0 Å². The van der Waals surface area contributed by atoms with Crippen LogP contribution in [0.4, 0.5) is 18.9 Å². The van der Waals surface area contributed by atoms with Gasteiger partial charge in [-0.05, 0) is 24.1 Å². The van der Waals surface area contributed by atoms with E-state index in [0.717, 1.165) is 10.0 Å². The molecule has 0 aromatic heterocycles. The Balaban J connectivity index is 3.06. The van der Waals surface area contributed by atoms with Crippen molar-refractivity contribution in [2.75, 3.05) is 18.0 Å². The fourth-order valence-electron chi connectivity index (χ4n) is 2.07. The average Bonchev–Trinajstić information content (AvgIpc) is 2.35. The molecule has 0 bridgehead atoms. The molecule has 0 aliphatic heterocycles. The van der Waals surface area contributed by atoms with Crippen molar-refractivity contribution in [3.8, 4) is 0 Å². The van der Waals surface area contributed by atoms with E-state index in [1.165, 1.54) is 4.90 Å². The third-order valence-corrected chi connectivity index (χ3v) is 3.45. The smallest absolute Gasteiger partial charge is 0.362 e. The molecular formula is C15H22BrF3N2. The van der Waals surface area contributed by atoms with Crippen LogP contribution in [0.2, 0.25) is 0 Å². The Morgan fingerprint density at radius 3 is 2.48 bits per heavy atom. The zero-order valence-electron chi connectivity index (χ0n) is 12.6. The van der Waals surface area contributed by atoms with Crippen LogP contribution >= 0.6 is 15.9 Å². The molecule has 1 N–H and O–H groups in total. The molecule has 21 heavy (non-hydrogen) atoms. The normalized spacial score (nSPS) is 12.0. The van der Waals surface area contributed by atoms with Crippen LogP contribution in [-0.2, 0) is 6.54 Å². The first-order valence-electron chi connectivity index (χ1n) is 7.06. The molecule has 0 spiro atoms. The molecule has 1 rings (SSSR count). The van der Waals surface area contributed by atoms with Crippen molar-refractivity contribution in [1.82, 2.24) is 5.32 Å². The molecule has 0 unspecified atom stereocenters. The van der Waals surface area contributed by atoms with E-state index in [2.05, 4.69) is 21.2 Å². The van der Waals surface area contributed by atoms with Crippen LogP contribution in [-0.4, -0.2) is 25.3 Å². The van der Waals surface area contributed by atoms with Gasteiger partial charge in [0.15, 0.2) is 0 Å². The zero-order valence-corrected chi connectivity index (χ0v) is 14.2. The SMILES string of the molecule is CCCN(CC(F)(F)F)c1cc(Br)ccc1CNC(C)C. The minimum Gasteiger partial charge on any atom is -0.362 e. The first-order chi connectivity index (χ1) is 9.73. The summed E-state index contributed by atoms with van der Waals surface area (Å²) in [6.07, 6.45) is -3.54. The zero-order chi connectivity index (χ0) is 16.0. The van der Waals surface area contributed by atoms with E-state index in [4.69, 9.17) is 0 Å². The molecule has 0 radical (unpaired) electrons. The number of hydrogen-bond acceptors (Lipinski definition) is 2. The number of rotatable bonds is 7. The van der Waals surface area contributed by atoms with Crippen LogP contribution < -0.4 is 10.2 Å². The number of hydrogen-bond donors (Lipinski definition) is 1. The lowest BCUT2D eigenvalue weighted by Gasteiger charge is -2.28. The minimum absolute atomic E-state index is 0.281. The molecular weight excluding hydrogens is 345 g/mol. The highest BCUT2D eigenvalue weighted by molar-refractivity contribution is 9.10. The summed E-state index contributed by atoms with van der Waals surface area (Å²) in [6.45, 7) is 5.92. The Kier molecular flexibility index (Phi) is 7.00. The lowest BCUT2D eigenvalue weighted by Crippen LogP contribution is -2.36. The lowest BCUT2D eigenvalue weighted by molar-refractivity contribution is -0.119. The van der Waals surface area contributed by atoms with Gasteiger partial charge in [0.25, 0.3) is 0 Å². The molecule has 2 nitrogen and oxygen atoms in total. The van der Waals surface area contributed by atoms with Crippen molar-refractivity contribution < 1.29 is 13.2 Å². The molecule has 0 saturated carbocycles. The quantitative estimate of drug-likeness (QED) is 0.750. The molecule has 1 aromatic carbocycles. The summed E-state index contributed by atoms with van der Waals surface area (Å²) >= 11 is 3.35. The average molecular weight is 367 g/mol. The van der Waals surface area contributed by atoms with Gasteiger partial charge >= 0.3 is 6.18 Å². The van der Waals surface area contributed by atoms with Gasteiger partial charge < -0.3 is 10.2 Å². The lowest BCUT2D eigenvalue weighted by atomic mass is 10.1. The summed E-state index contributed by atoms with van der Waals surface area (Å²) in [7, 11) is 0. The summed E-state index contributed by atoms with van der Waals surface area (Å²) < 4.78 is 39.2. The predicted octanol–water partition coefficient (Wildman–Crippen LogP) is 4.73. The number of nitrogens with one attached hydrogen (secondary N) is 1. The van der Waals surface area contributed by atoms with Crippen molar-refractivity contribution in [1.29, 1.82) is 0 Å². The Labute approximate surface area is 132 Å². The van der Waals surface area contributed by atoms with Crippen LogP contribution in [0.1, 0.15) is 32.8 Å². The van der Waals surface area contributed by atoms with E-state index in [0.29, 0.717) is 25.2 Å². The molecule has 0 heterocycles. The Morgan fingerprint density at radius 2 is 1.95 bits per heavy atom. The number of anilines is 1. The van der Waals surface area contributed by atoms with E-state index >= 15 is 0 Å². The second-order valence-electron chi connectivity index (χ2n) is 5.35. The number of benzene rings is 1. The minimum atomic E-state index is -4.21. The second-order valence-corrected chi connectivity index (χ2v) is 6.26. The highest BCUT2D eigenvalue weighted by Gasteiger charge is 2.31. The molecule has 6 heteroatoms. The molecule has 0 amide bonds. The standard InChI is InChI=1S/C15H22BrF3N2/c1-4-7-21(10-15(17,18)19)14-8-13(16)6-5-12(14)9-20-11(2)3/h5-6,8,11,20H,4,7,9-10H2,1-3H3. The van der Waals surface area contributed by atoms with Gasteiger partial charge in [-0.2, -0.15) is 13.2 Å². The molecule has 120 valence electrons. The van der Waals surface area contributed by atoms with Gasteiger partial charge in [-0.1, -0.05) is 42.8 Å². The van der Waals surface area contributed by atoms with E-state index in [-0.39, 0.29) is 6.04 Å². The molecule has 0 atom stereocenters. The van der Waals surface area contributed by atoms with Gasteiger partial charge in [0.05, 0.1) is 0 Å². The van der Waals surface area contributed by atoms with Gasteiger partial charge in [-0.25, -0.2) is 0 Å². The Morgan fingerprint density at radius 1 is 1.29 bits per heavy atom. The van der Waals surface area contributed by atoms with Crippen molar-refractivity contribution in [2.45, 2.75) is 46.0 Å². The summed E-state index contributed by atoms with van der Waals surface area (Å²) in [4.78, 5) is 1.40. The van der Waals surface area contributed by atoms with Gasteiger partial charge in [-0.3, -0.25) is 0 Å². The summed E-state index contributed by atoms with van der Waals surface area (Å²) in [5, 5.41) is 3.26. The van der Waals surface area contributed by atoms with Crippen LogP contribution in [0.5, 0.6) is 0 Å². The fourth-order valence-corrected chi connectivity index (χ4v) is 2.41. The number of halogens is 4. The van der Waals surface area contributed by atoms with Gasteiger partial charge in [0.1, 0.15) is 6.54 Å². The summed E-state index contributed by atoms with van der Waals surface area (Å²) in [5.74, 6) is 0. The molecule has 0 saturated heterocycles. The van der Waals surface area contributed by atoms with E-state index in [1.807, 2.05) is 32.9 Å². The fraction of sp³-hybridized carbons (Fsp3) is 0.600. The first-order valence-corrected chi connectivity index (χ1v) is 7.85. The highest BCUT2D eigenvalue weighted by Crippen LogP contribution is 2.28. The topological polar surface area (TPSA) is 15.3 Å². The van der Waals surface area contributed by atoms with E-state index < -0.39 is 12.7 Å². The highest BCUT2D eigenvalue weighted by atomic mass is 79.9.